The summed E-state index contributed by atoms with van der Waals surface area (Å²) in [6, 6.07) is 0.891. The van der Waals surface area contributed by atoms with Gasteiger partial charge in [0, 0.05) is 19.1 Å². The first-order chi connectivity index (χ1) is 8.43. The highest BCUT2D eigenvalue weighted by molar-refractivity contribution is 4.96. The van der Waals surface area contributed by atoms with Crippen LogP contribution >= 0.6 is 0 Å². The second-order valence-electron chi connectivity index (χ2n) is 6.41. The van der Waals surface area contributed by atoms with Crippen LogP contribution in [0.5, 0.6) is 0 Å². The number of likely N-dealkylation sites (tertiary alicyclic amines) is 1. The third-order valence-corrected chi connectivity index (χ3v) is 4.77. The van der Waals surface area contributed by atoms with Crippen molar-refractivity contribution in [3.63, 3.8) is 0 Å². The van der Waals surface area contributed by atoms with Crippen LogP contribution in [0, 0.1) is 11.8 Å². The van der Waals surface area contributed by atoms with Gasteiger partial charge in [-0.15, -0.1) is 0 Å². The summed E-state index contributed by atoms with van der Waals surface area (Å²) in [4.78, 5) is 2.68. The summed E-state index contributed by atoms with van der Waals surface area (Å²) in [6.07, 6.45) is 11.8. The van der Waals surface area contributed by atoms with Crippen molar-refractivity contribution in [1.29, 1.82) is 0 Å². The first-order valence-electron chi connectivity index (χ1n) is 7.89. The van der Waals surface area contributed by atoms with Gasteiger partial charge in [0.25, 0.3) is 0 Å². The maximum absolute atomic E-state index is 3.87. The van der Waals surface area contributed by atoms with Crippen LogP contribution in [0.1, 0.15) is 51.4 Å². The molecule has 0 atom stereocenters. The van der Waals surface area contributed by atoms with Crippen LogP contribution in [0.15, 0.2) is 0 Å². The van der Waals surface area contributed by atoms with Crippen molar-refractivity contribution in [2.45, 2.75) is 57.4 Å². The molecule has 0 aromatic carbocycles. The number of hydrogen-bond donors (Lipinski definition) is 1. The van der Waals surface area contributed by atoms with Gasteiger partial charge in [-0.25, -0.2) is 0 Å². The third kappa shape index (κ3) is 3.69. The van der Waals surface area contributed by atoms with E-state index in [9.17, 15) is 0 Å². The van der Waals surface area contributed by atoms with E-state index in [1.165, 1.54) is 77.5 Å². The highest BCUT2D eigenvalue weighted by Gasteiger charge is 2.40. The predicted molar refractivity (Wildman–Crippen MR) is 72.1 cm³/mol. The Hall–Kier alpha value is -0.0800. The molecular formula is C15H28N2. The van der Waals surface area contributed by atoms with E-state index in [2.05, 4.69) is 10.2 Å². The fraction of sp³-hybridized carbons (Fsp3) is 1.00. The predicted octanol–water partition coefficient (Wildman–Crippen LogP) is 2.64. The summed E-state index contributed by atoms with van der Waals surface area (Å²) in [5.41, 5.74) is 0. The van der Waals surface area contributed by atoms with Gasteiger partial charge in [-0.2, -0.15) is 0 Å². The van der Waals surface area contributed by atoms with E-state index in [0.717, 1.165) is 17.9 Å². The highest BCUT2D eigenvalue weighted by Crippen LogP contribution is 2.44. The van der Waals surface area contributed by atoms with E-state index in [4.69, 9.17) is 0 Å². The van der Waals surface area contributed by atoms with Gasteiger partial charge < -0.3 is 10.2 Å². The fourth-order valence-corrected chi connectivity index (χ4v) is 3.38. The van der Waals surface area contributed by atoms with Crippen LogP contribution < -0.4 is 5.32 Å². The molecule has 2 aliphatic carbocycles. The Morgan fingerprint density at radius 2 is 1.47 bits per heavy atom. The van der Waals surface area contributed by atoms with Gasteiger partial charge in [-0.05, 0) is 63.5 Å². The van der Waals surface area contributed by atoms with Crippen molar-refractivity contribution in [3.05, 3.63) is 0 Å². The lowest BCUT2D eigenvalue weighted by molar-refractivity contribution is 0.272. The van der Waals surface area contributed by atoms with Crippen LogP contribution in [-0.4, -0.2) is 37.1 Å². The lowest BCUT2D eigenvalue weighted by Crippen LogP contribution is -2.39. The molecule has 3 aliphatic rings. The van der Waals surface area contributed by atoms with E-state index in [1.807, 2.05) is 0 Å². The van der Waals surface area contributed by atoms with E-state index < -0.39 is 0 Å². The summed E-state index contributed by atoms with van der Waals surface area (Å²) in [6.45, 7) is 5.21. The van der Waals surface area contributed by atoms with Crippen LogP contribution in [0.3, 0.4) is 0 Å². The quantitative estimate of drug-likeness (QED) is 0.763. The zero-order valence-electron chi connectivity index (χ0n) is 11.2. The maximum atomic E-state index is 3.87. The molecule has 2 nitrogen and oxygen atoms in total. The second-order valence-corrected chi connectivity index (χ2v) is 6.41. The molecule has 17 heavy (non-hydrogen) atoms. The van der Waals surface area contributed by atoms with Crippen molar-refractivity contribution >= 4 is 0 Å². The summed E-state index contributed by atoms with van der Waals surface area (Å²) in [7, 11) is 0. The van der Waals surface area contributed by atoms with Crippen LogP contribution in [0.4, 0.5) is 0 Å². The first kappa shape index (κ1) is 12.0. The molecule has 0 bridgehead atoms. The number of nitrogens with zero attached hydrogens (tertiary/aromatic N) is 1. The second kappa shape index (κ2) is 5.71. The molecule has 98 valence electrons. The molecule has 1 saturated heterocycles. The monoisotopic (exact) mass is 236 g/mol. The molecule has 3 rings (SSSR count). The molecule has 0 radical (unpaired) electrons. The SMILES string of the molecule is C1CCCN(CCNC(C2CC2)C2CC2)CC1. The molecule has 0 unspecified atom stereocenters. The number of rotatable bonds is 6. The Kier molecular flexibility index (Phi) is 4.02. The Bertz CT molecular complexity index is 213. The molecule has 0 amide bonds. The first-order valence-corrected chi connectivity index (χ1v) is 7.89. The van der Waals surface area contributed by atoms with Crippen molar-refractivity contribution in [3.8, 4) is 0 Å². The normalized spacial score (nSPS) is 27.4. The van der Waals surface area contributed by atoms with Gasteiger partial charge in [-0.3, -0.25) is 0 Å². The van der Waals surface area contributed by atoms with Gasteiger partial charge in [0.15, 0.2) is 0 Å². The van der Waals surface area contributed by atoms with Crippen molar-refractivity contribution < 1.29 is 0 Å². The fourth-order valence-electron chi connectivity index (χ4n) is 3.38. The largest absolute Gasteiger partial charge is 0.312 e. The molecule has 0 spiro atoms. The van der Waals surface area contributed by atoms with E-state index >= 15 is 0 Å². The van der Waals surface area contributed by atoms with Gasteiger partial charge in [0.1, 0.15) is 0 Å². The smallest absolute Gasteiger partial charge is 0.0124 e. The van der Waals surface area contributed by atoms with Gasteiger partial charge in [-0.1, -0.05) is 12.8 Å². The zero-order chi connectivity index (χ0) is 11.5. The van der Waals surface area contributed by atoms with Gasteiger partial charge in [0.05, 0.1) is 0 Å². The molecule has 1 heterocycles. The van der Waals surface area contributed by atoms with Gasteiger partial charge >= 0.3 is 0 Å². The van der Waals surface area contributed by atoms with Gasteiger partial charge in [0.2, 0.25) is 0 Å². The van der Waals surface area contributed by atoms with E-state index in [1.54, 1.807) is 0 Å². The standard InChI is InChI=1S/C15H28N2/c1-2-4-11-17(10-3-1)12-9-16-15(13-5-6-13)14-7-8-14/h13-16H,1-12H2. The molecule has 1 aliphatic heterocycles. The Morgan fingerprint density at radius 1 is 0.882 bits per heavy atom. The zero-order valence-corrected chi connectivity index (χ0v) is 11.2. The van der Waals surface area contributed by atoms with Crippen molar-refractivity contribution in [2.75, 3.05) is 26.2 Å². The summed E-state index contributed by atoms with van der Waals surface area (Å²) in [5, 5.41) is 3.87. The lowest BCUT2D eigenvalue weighted by atomic mass is 10.1. The number of nitrogens with one attached hydrogen (secondary N) is 1. The number of hydrogen-bond acceptors (Lipinski definition) is 2. The lowest BCUT2D eigenvalue weighted by Gasteiger charge is -2.23. The minimum Gasteiger partial charge on any atom is -0.312 e. The molecule has 2 heteroatoms. The third-order valence-electron chi connectivity index (χ3n) is 4.77. The minimum atomic E-state index is 0.891. The topological polar surface area (TPSA) is 15.3 Å². The molecule has 3 fully saturated rings. The summed E-state index contributed by atoms with van der Waals surface area (Å²) >= 11 is 0. The summed E-state index contributed by atoms with van der Waals surface area (Å²) < 4.78 is 0. The molecule has 0 aromatic heterocycles. The van der Waals surface area contributed by atoms with Crippen molar-refractivity contribution in [2.24, 2.45) is 11.8 Å². The maximum Gasteiger partial charge on any atom is 0.0124 e. The van der Waals surface area contributed by atoms with Crippen LogP contribution in [0.25, 0.3) is 0 Å². The Balaban J connectivity index is 1.35. The van der Waals surface area contributed by atoms with Crippen LogP contribution in [-0.2, 0) is 0 Å². The molecule has 0 aromatic rings. The van der Waals surface area contributed by atoms with Crippen LogP contribution in [0.2, 0.25) is 0 Å². The molecule has 2 saturated carbocycles. The highest BCUT2D eigenvalue weighted by atomic mass is 15.1. The molecular weight excluding hydrogens is 208 g/mol. The average Bonchev–Trinajstić information content (AvgIpc) is 3.22. The van der Waals surface area contributed by atoms with E-state index in [0.29, 0.717) is 0 Å². The summed E-state index contributed by atoms with van der Waals surface area (Å²) in [5.74, 6) is 2.10. The molecule has 1 N–H and O–H groups in total. The minimum absolute atomic E-state index is 0.891. The Labute approximate surface area is 106 Å². The Morgan fingerprint density at radius 3 is 2.00 bits per heavy atom. The van der Waals surface area contributed by atoms with E-state index in [-0.39, 0.29) is 0 Å². The van der Waals surface area contributed by atoms with Crippen molar-refractivity contribution in [1.82, 2.24) is 10.2 Å². The average molecular weight is 236 g/mol.